The summed E-state index contributed by atoms with van der Waals surface area (Å²) in [4.78, 5) is 10.4. The lowest BCUT2D eigenvalue weighted by Crippen LogP contribution is -1.93. The van der Waals surface area contributed by atoms with Crippen LogP contribution in [-0.4, -0.2) is 11.1 Å². The number of benzene rings is 1. The number of aliphatic carboxylic acids is 1. The van der Waals surface area contributed by atoms with E-state index in [2.05, 4.69) is 47.4 Å². The van der Waals surface area contributed by atoms with Crippen molar-refractivity contribution < 1.29 is 9.90 Å². The first-order valence-electron chi connectivity index (χ1n) is 10.0. The van der Waals surface area contributed by atoms with Crippen molar-refractivity contribution in [1.29, 1.82) is 0 Å². The number of rotatable bonds is 11. The van der Waals surface area contributed by atoms with E-state index in [1.54, 1.807) is 0 Å². The van der Waals surface area contributed by atoms with Crippen molar-refractivity contribution in [2.24, 2.45) is 0 Å². The Bertz CT molecular complexity index is 805. The largest absolute Gasteiger partial charge is 0.481 e. The number of carbonyl (C=O) groups is 1. The standard InChI is InChI=1S/C26H28O2/c27-26(28)24-20-15-13-11-9-7-5-3-1-2-4-6-8-10-12-14-17-21-25-22-18-16-19-23-25/h16,18-19,22-23H,1-3,5,7,9,11,13,15,20,24H2,(H,27,28). The lowest BCUT2D eigenvalue weighted by atomic mass is 10.1. The third-order valence-corrected chi connectivity index (χ3v) is 4.07. The van der Waals surface area contributed by atoms with E-state index in [0.717, 1.165) is 37.7 Å². The van der Waals surface area contributed by atoms with Gasteiger partial charge in [0.15, 0.2) is 0 Å². The minimum Gasteiger partial charge on any atom is -0.481 e. The number of carboxylic acids is 1. The molecule has 0 amide bonds. The first kappa shape index (κ1) is 23.0. The molecule has 0 unspecified atom stereocenters. The molecule has 0 saturated carbocycles. The molecule has 0 aromatic heterocycles. The molecule has 0 heterocycles. The monoisotopic (exact) mass is 372 g/mol. The van der Waals surface area contributed by atoms with Crippen molar-refractivity contribution in [1.82, 2.24) is 0 Å². The molecule has 28 heavy (non-hydrogen) atoms. The van der Waals surface area contributed by atoms with E-state index < -0.39 is 5.97 Å². The van der Waals surface area contributed by atoms with Crippen LogP contribution in [0.2, 0.25) is 0 Å². The van der Waals surface area contributed by atoms with Crippen LogP contribution < -0.4 is 0 Å². The fourth-order valence-corrected chi connectivity index (χ4v) is 2.58. The predicted molar refractivity (Wildman–Crippen MR) is 115 cm³/mol. The molecule has 1 rings (SSSR count). The average Bonchev–Trinajstić information content (AvgIpc) is 2.70. The number of carboxylic acid groups (broad SMARTS) is 1. The van der Waals surface area contributed by atoms with Gasteiger partial charge in [0.25, 0.3) is 0 Å². The van der Waals surface area contributed by atoms with Crippen LogP contribution in [0, 0.1) is 47.4 Å². The summed E-state index contributed by atoms with van der Waals surface area (Å²) in [5.41, 5.74) is 0.945. The summed E-state index contributed by atoms with van der Waals surface area (Å²) in [6.07, 6.45) is 11.5. The number of hydrogen-bond donors (Lipinski definition) is 1. The third kappa shape index (κ3) is 15.2. The lowest BCUT2D eigenvalue weighted by Gasteiger charge is -2.01. The smallest absolute Gasteiger partial charge is 0.303 e. The van der Waals surface area contributed by atoms with E-state index >= 15 is 0 Å². The highest BCUT2D eigenvalue weighted by Crippen LogP contribution is 2.11. The van der Waals surface area contributed by atoms with Crippen molar-refractivity contribution in [2.45, 2.75) is 70.6 Å². The fourth-order valence-electron chi connectivity index (χ4n) is 2.58. The van der Waals surface area contributed by atoms with E-state index in [1.807, 2.05) is 30.3 Å². The molecule has 0 atom stereocenters. The van der Waals surface area contributed by atoms with Crippen LogP contribution in [0.3, 0.4) is 0 Å². The van der Waals surface area contributed by atoms with E-state index in [-0.39, 0.29) is 0 Å². The van der Waals surface area contributed by atoms with Gasteiger partial charge in [-0.2, -0.15) is 0 Å². The minimum absolute atomic E-state index is 0.306. The molecule has 0 radical (unpaired) electrons. The van der Waals surface area contributed by atoms with Gasteiger partial charge in [-0.05, 0) is 60.5 Å². The second kappa shape index (κ2) is 17.3. The summed E-state index contributed by atoms with van der Waals surface area (Å²) in [5.74, 6) is 21.8. The fraction of sp³-hybridized carbons (Fsp3) is 0.423. The van der Waals surface area contributed by atoms with Crippen LogP contribution in [0.4, 0.5) is 0 Å². The van der Waals surface area contributed by atoms with Crippen LogP contribution in [0.15, 0.2) is 30.3 Å². The van der Waals surface area contributed by atoms with Crippen LogP contribution in [0.5, 0.6) is 0 Å². The quantitative estimate of drug-likeness (QED) is 0.416. The maximum absolute atomic E-state index is 10.4. The highest BCUT2D eigenvalue weighted by Gasteiger charge is 1.96. The van der Waals surface area contributed by atoms with Gasteiger partial charge in [-0.15, -0.1) is 0 Å². The van der Waals surface area contributed by atoms with E-state index in [4.69, 9.17) is 5.11 Å². The minimum atomic E-state index is -0.685. The molecular weight excluding hydrogens is 344 g/mol. The van der Waals surface area contributed by atoms with Gasteiger partial charge in [-0.25, -0.2) is 0 Å². The maximum atomic E-state index is 10.4. The summed E-state index contributed by atoms with van der Waals surface area (Å²) < 4.78 is 0. The molecule has 0 saturated heterocycles. The number of unbranched alkanes of at least 4 members (excludes halogenated alkanes) is 9. The molecule has 0 aliphatic rings. The Kier molecular flexibility index (Phi) is 14.2. The van der Waals surface area contributed by atoms with Crippen molar-refractivity contribution >= 4 is 5.97 Å². The Morgan fingerprint density at radius 3 is 1.86 bits per heavy atom. The molecule has 1 N–H and O–H groups in total. The van der Waals surface area contributed by atoms with Crippen LogP contribution in [-0.2, 0) is 4.79 Å². The molecule has 0 fully saturated rings. The molecule has 0 aliphatic carbocycles. The zero-order valence-electron chi connectivity index (χ0n) is 16.5. The van der Waals surface area contributed by atoms with Gasteiger partial charge >= 0.3 is 5.97 Å². The maximum Gasteiger partial charge on any atom is 0.303 e. The third-order valence-electron chi connectivity index (χ3n) is 4.07. The molecule has 0 aliphatic heterocycles. The summed E-state index contributed by atoms with van der Waals surface area (Å²) >= 11 is 0. The zero-order valence-corrected chi connectivity index (χ0v) is 16.5. The van der Waals surface area contributed by atoms with E-state index in [1.165, 1.54) is 32.1 Å². The average molecular weight is 373 g/mol. The Morgan fingerprint density at radius 1 is 0.679 bits per heavy atom. The van der Waals surface area contributed by atoms with Crippen molar-refractivity contribution in [3.63, 3.8) is 0 Å². The summed E-state index contributed by atoms with van der Waals surface area (Å²) in [6, 6.07) is 9.73. The lowest BCUT2D eigenvalue weighted by molar-refractivity contribution is -0.137. The van der Waals surface area contributed by atoms with Crippen LogP contribution >= 0.6 is 0 Å². The summed E-state index contributed by atoms with van der Waals surface area (Å²) in [5, 5.41) is 8.56. The summed E-state index contributed by atoms with van der Waals surface area (Å²) in [7, 11) is 0. The highest BCUT2D eigenvalue weighted by molar-refractivity contribution is 5.66. The topological polar surface area (TPSA) is 37.3 Å². The summed E-state index contributed by atoms with van der Waals surface area (Å²) in [6.45, 7) is 0. The predicted octanol–water partition coefficient (Wildman–Crippen LogP) is 5.42. The van der Waals surface area contributed by atoms with Gasteiger partial charge in [0, 0.05) is 18.4 Å². The Hall–Kier alpha value is -3.07. The Labute approximate surface area is 170 Å². The second-order valence-corrected chi connectivity index (χ2v) is 6.49. The Balaban J connectivity index is 1.97. The van der Waals surface area contributed by atoms with Crippen molar-refractivity contribution in [3.05, 3.63) is 35.9 Å². The van der Waals surface area contributed by atoms with E-state index in [9.17, 15) is 4.79 Å². The molecule has 0 spiro atoms. The molecule has 2 nitrogen and oxygen atoms in total. The van der Waals surface area contributed by atoms with Gasteiger partial charge in [0.2, 0.25) is 0 Å². The van der Waals surface area contributed by atoms with Gasteiger partial charge in [-0.1, -0.05) is 75.0 Å². The second-order valence-electron chi connectivity index (χ2n) is 6.49. The zero-order chi connectivity index (χ0) is 20.1. The number of hydrogen-bond acceptors (Lipinski definition) is 1. The van der Waals surface area contributed by atoms with Crippen LogP contribution in [0.25, 0.3) is 0 Å². The molecule has 0 bridgehead atoms. The van der Waals surface area contributed by atoms with Crippen LogP contribution in [0.1, 0.15) is 76.2 Å². The molecule has 1 aromatic carbocycles. The first-order chi connectivity index (χ1) is 13.8. The van der Waals surface area contributed by atoms with Crippen molar-refractivity contribution in [3.8, 4) is 47.4 Å². The molecular formula is C26H28O2. The SMILES string of the molecule is O=C(O)CCCCCCCCCCCC#CC#CC#CC#Cc1ccccc1. The van der Waals surface area contributed by atoms with Gasteiger partial charge in [0.1, 0.15) is 0 Å². The molecule has 144 valence electrons. The van der Waals surface area contributed by atoms with Gasteiger partial charge < -0.3 is 5.11 Å². The highest BCUT2D eigenvalue weighted by atomic mass is 16.4. The Morgan fingerprint density at radius 2 is 1.21 bits per heavy atom. The van der Waals surface area contributed by atoms with Gasteiger partial charge in [0.05, 0.1) is 0 Å². The molecule has 2 heteroatoms. The van der Waals surface area contributed by atoms with Gasteiger partial charge in [-0.3, -0.25) is 4.79 Å². The first-order valence-corrected chi connectivity index (χ1v) is 10.0. The molecule has 1 aromatic rings. The van der Waals surface area contributed by atoms with Crippen molar-refractivity contribution in [2.75, 3.05) is 0 Å². The normalized spacial score (nSPS) is 8.71. The van der Waals surface area contributed by atoms with E-state index in [0.29, 0.717) is 6.42 Å².